The summed E-state index contributed by atoms with van der Waals surface area (Å²) in [4.78, 5) is 25.1. The van der Waals surface area contributed by atoms with Gasteiger partial charge >= 0.3 is 0 Å². The summed E-state index contributed by atoms with van der Waals surface area (Å²) in [5, 5.41) is 0. The third kappa shape index (κ3) is 5.85. The molecule has 134 valence electrons. The molecule has 0 N–H and O–H groups in total. The number of amides is 1. The molecule has 2 aromatic rings. The Morgan fingerprint density at radius 1 is 1.04 bits per heavy atom. The van der Waals surface area contributed by atoms with Crippen molar-refractivity contribution in [2.24, 2.45) is 0 Å². The topological polar surface area (TPSA) is 49.3 Å². The van der Waals surface area contributed by atoms with Crippen molar-refractivity contribution in [3.05, 3.63) is 54.0 Å². The number of pyridine rings is 2. The number of carbonyl (C=O) groups is 1. The molecule has 2 aromatic heterocycles. The molecule has 0 bridgehead atoms. The highest BCUT2D eigenvalue weighted by Gasteiger charge is 2.10. The fourth-order valence-corrected chi connectivity index (χ4v) is 2.73. The first kappa shape index (κ1) is 18.9. The molecular formula is C20H28N4O. The number of anilines is 1. The van der Waals surface area contributed by atoms with Crippen LogP contribution in [0.4, 0.5) is 5.82 Å². The summed E-state index contributed by atoms with van der Waals surface area (Å²) >= 11 is 0. The minimum Gasteiger partial charge on any atom is -0.357 e. The van der Waals surface area contributed by atoms with Crippen LogP contribution in [0.5, 0.6) is 0 Å². The molecule has 0 radical (unpaired) electrons. The summed E-state index contributed by atoms with van der Waals surface area (Å²) in [5.41, 5.74) is 2.17. The number of rotatable bonds is 9. The van der Waals surface area contributed by atoms with E-state index in [0.29, 0.717) is 13.0 Å². The van der Waals surface area contributed by atoms with Gasteiger partial charge in [-0.05, 0) is 50.1 Å². The van der Waals surface area contributed by atoms with E-state index in [1.807, 2.05) is 37.5 Å². The fraction of sp³-hybridized carbons (Fsp3) is 0.450. The Labute approximate surface area is 150 Å². The van der Waals surface area contributed by atoms with E-state index in [9.17, 15) is 4.79 Å². The quantitative estimate of drug-likeness (QED) is 0.704. The highest BCUT2D eigenvalue weighted by molar-refractivity contribution is 5.76. The van der Waals surface area contributed by atoms with E-state index >= 15 is 0 Å². The van der Waals surface area contributed by atoms with Crippen LogP contribution in [0, 0.1) is 0 Å². The van der Waals surface area contributed by atoms with Crippen LogP contribution in [0.25, 0.3) is 0 Å². The Balaban J connectivity index is 1.83. The van der Waals surface area contributed by atoms with Crippen LogP contribution in [0.2, 0.25) is 0 Å². The predicted octanol–water partition coefficient (Wildman–Crippen LogP) is 2.96. The Hall–Kier alpha value is -2.43. The van der Waals surface area contributed by atoms with E-state index in [1.165, 1.54) is 0 Å². The van der Waals surface area contributed by atoms with Crippen LogP contribution in [-0.4, -0.2) is 47.5 Å². The molecule has 0 fully saturated rings. The zero-order chi connectivity index (χ0) is 18.1. The lowest BCUT2D eigenvalue weighted by Gasteiger charge is -2.20. The van der Waals surface area contributed by atoms with E-state index in [2.05, 4.69) is 34.8 Å². The maximum atomic E-state index is 12.3. The third-order valence-electron chi connectivity index (χ3n) is 4.38. The summed E-state index contributed by atoms with van der Waals surface area (Å²) in [6.07, 6.45) is 5.65. The van der Waals surface area contributed by atoms with E-state index in [4.69, 9.17) is 0 Å². The molecule has 5 nitrogen and oxygen atoms in total. The molecule has 1 amide bonds. The number of carbonyl (C=O) groups excluding carboxylic acids is 1. The van der Waals surface area contributed by atoms with Crippen molar-refractivity contribution in [2.45, 2.75) is 33.1 Å². The average Bonchev–Trinajstić information content (AvgIpc) is 2.66. The number of nitrogens with zero attached hydrogens (tertiary/aromatic N) is 4. The average molecular weight is 340 g/mol. The second kappa shape index (κ2) is 9.77. The molecule has 0 aliphatic carbocycles. The van der Waals surface area contributed by atoms with Crippen LogP contribution in [0.1, 0.15) is 31.5 Å². The molecule has 0 spiro atoms. The van der Waals surface area contributed by atoms with Crippen molar-refractivity contribution in [3.63, 3.8) is 0 Å². The van der Waals surface area contributed by atoms with Gasteiger partial charge in [-0.1, -0.05) is 6.07 Å². The van der Waals surface area contributed by atoms with Gasteiger partial charge in [0.15, 0.2) is 0 Å². The van der Waals surface area contributed by atoms with Gasteiger partial charge in [0, 0.05) is 57.6 Å². The number of hydrogen-bond donors (Lipinski definition) is 0. The van der Waals surface area contributed by atoms with Gasteiger partial charge in [0.2, 0.25) is 5.91 Å². The molecule has 2 heterocycles. The van der Waals surface area contributed by atoms with Gasteiger partial charge in [-0.3, -0.25) is 9.78 Å². The molecule has 0 atom stereocenters. The highest BCUT2D eigenvalue weighted by atomic mass is 16.2. The van der Waals surface area contributed by atoms with E-state index < -0.39 is 0 Å². The first-order valence-corrected chi connectivity index (χ1v) is 8.97. The molecule has 25 heavy (non-hydrogen) atoms. The molecule has 0 aliphatic heterocycles. The summed E-state index contributed by atoms with van der Waals surface area (Å²) < 4.78 is 0. The van der Waals surface area contributed by atoms with Crippen molar-refractivity contribution in [1.29, 1.82) is 0 Å². The minimum absolute atomic E-state index is 0.164. The molecule has 5 heteroatoms. The SMILES string of the molecule is CCN(CC)c1cc(CCC(=O)N(C)CCc2ccccn2)ccn1. The lowest BCUT2D eigenvalue weighted by molar-refractivity contribution is -0.129. The van der Waals surface area contributed by atoms with Crippen LogP contribution in [0.15, 0.2) is 42.7 Å². The van der Waals surface area contributed by atoms with Gasteiger partial charge < -0.3 is 9.80 Å². The molecule has 0 unspecified atom stereocenters. The normalized spacial score (nSPS) is 10.5. The van der Waals surface area contributed by atoms with Gasteiger partial charge in [0.1, 0.15) is 5.82 Å². The molecular weight excluding hydrogens is 312 g/mol. The van der Waals surface area contributed by atoms with Gasteiger partial charge in [0.05, 0.1) is 0 Å². The second-order valence-electron chi connectivity index (χ2n) is 6.08. The first-order valence-electron chi connectivity index (χ1n) is 8.97. The fourth-order valence-electron chi connectivity index (χ4n) is 2.73. The van der Waals surface area contributed by atoms with Crippen LogP contribution >= 0.6 is 0 Å². The van der Waals surface area contributed by atoms with Crippen LogP contribution in [-0.2, 0) is 17.6 Å². The van der Waals surface area contributed by atoms with Gasteiger partial charge in [-0.15, -0.1) is 0 Å². The molecule has 0 aromatic carbocycles. The Morgan fingerprint density at radius 2 is 1.84 bits per heavy atom. The summed E-state index contributed by atoms with van der Waals surface area (Å²) in [6, 6.07) is 9.95. The van der Waals surface area contributed by atoms with Gasteiger partial charge in [0.25, 0.3) is 0 Å². The first-order chi connectivity index (χ1) is 12.1. The lowest BCUT2D eigenvalue weighted by Crippen LogP contribution is -2.29. The van der Waals surface area contributed by atoms with Crippen molar-refractivity contribution in [3.8, 4) is 0 Å². The van der Waals surface area contributed by atoms with Gasteiger partial charge in [-0.25, -0.2) is 4.98 Å². The standard InChI is InChI=1S/C20H28N4O/c1-4-24(5-2)19-16-17(11-14-22-19)9-10-20(25)23(3)15-12-18-8-6-7-13-21-18/h6-8,11,13-14,16H,4-5,9-10,12,15H2,1-3H3. The Kier molecular flexibility index (Phi) is 7.38. The number of hydrogen-bond acceptors (Lipinski definition) is 4. The Bertz CT molecular complexity index is 656. The predicted molar refractivity (Wildman–Crippen MR) is 102 cm³/mol. The zero-order valence-electron chi connectivity index (χ0n) is 15.5. The highest BCUT2D eigenvalue weighted by Crippen LogP contribution is 2.14. The van der Waals surface area contributed by atoms with E-state index in [0.717, 1.165) is 43.0 Å². The van der Waals surface area contributed by atoms with Crippen molar-refractivity contribution >= 4 is 11.7 Å². The summed E-state index contributed by atoms with van der Waals surface area (Å²) in [7, 11) is 1.86. The van der Waals surface area contributed by atoms with Gasteiger partial charge in [-0.2, -0.15) is 0 Å². The van der Waals surface area contributed by atoms with Crippen molar-refractivity contribution in [2.75, 3.05) is 31.6 Å². The lowest BCUT2D eigenvalue weighted by atomic mass is 10.1. The molecule has 0 saturated carbocycles. The number of aryl methyl sites for hydroxylation is 1. The smallest absolute Gasteiger partial charge is 0.222 e. The minimum atomic E-state index is 0.164. The summed E-state index contributed by atoms with van der Waals surface area (Å²) in [6.45, 7) is 6.80. The Morgan fingerprint density at radius 3 is 2.52 bits per heavy atom. The van der Waals surface area contributed by atoms with Crippen molar-refractivity contribution < 1.29 is 4.79 Å². The third-order valence-corrected chi connectivity index (χ3v) is 4.38. The van der Waals surface area contributed by atoms with Crippen LogP contribution < -0.4 is 4.90 Å². The maximum absolute atomic E-state index is 12.3. The van der Waals surface area contributed by atoms with Crippen molar-refractivity contribution in [1.82, 2.24) is 14.9 Å². The zero-order valence-corrected chi connectivity index (χ0v) is 15.5. The molecule has 2 rings (SSSR count). The molecule has 0 aliphatic rings. The monoisotopic (exact) mass is 340 g/mol. The van der Waals surface area contributed by atoms with E-state index in [-0.39, 0.29) is 5.91 Å². The number of aromatic nitrogens is 2. The maximum Gasteiger partial charge on any atom is 0.222 e. The van der Waals surface area contributed by atoms with Crippen LogP contribution in [0.3, 0.4) is 0 Å². The van der Waals surface area contributed by atoms with E-state index in [1.54, 1.807) is 11.1 Å². The number of likely N-dealkylation sites (N-methyl/N-ethyl adjacent to an activating group) is 1. The second-order valence-corrected chi connectivity index (χ2v) is 6.08. The summed E-state index contributed by atoms with van der Waals surface area (Å²) in [5.74, 6) is 1.15. The largest absolute Gasteiger partial charge is 0.357 e. The molecule has 0 saturated heterocycles.